The fourth-order valence-electron chi connectivity index (χ4n) is 1.42. The van der Waals surface area contributed by atoms with Gasteiger partial charge in [0.05, 0.1) is 6.04 Å². The van der Waals surface area contributed by atoms with Gasteiger partial charge in [0, 0.05) is 17.8 Å². The number of rotatable bonds is 5. The van der Waals surface area contributed by atoms with Crippen molar-refractivity contribution in [2.45, 2.75) is 26.3 Å². The molecule has 1 aromatic carbocycles. The van der Waals surface area contributed by atoms with Crippen LogP contribution in [0.25, 0.3) is 0 Å². The van der Waals surface area contributed by atoms with Crippen LogP contribution in [0, 0.1) is 0 Å². The Morgan fingerprint density at radius 2 is 2.06 bits per heavy atom. The number of carbonyl (C=O) groups is 2. The van der Waals surface area contributed by atoms with E-state index in [1.165, 1.54) is 0 Å². The van der Waals surface area contributed by atoms with Crippen molar-refractivity contribution in [1.82, 2.24) is 5.32 Å². The lowest BCUT2D eigenvalue weighted by Crippen LogP contribution is -2.34. The van der Waals surface area contributed by atoms with E-state index in [0.29, 0.717) is 24.2 Å². The molecule has 0 saturated heterocycles. The molecule has 0 aliphatic rings. The maximum atomic E-state index is 11.6. The Morgan fingerprint density at radius 3 is 2.67 bits per heavy atom. The SMILES string of the molecule is CCNC(=O)c1cccc(NC(=O)[C@H](N)CC)c1. The van der Waals surface area contributed by atoms with Crippen molar-refractivity contribution in [3.05, 3.63) is 29.8 Å². The van der Waals surface area contributed by atoms with Crippen molar-refractivity contribution in [3.63, 3.8) is 0 Å². The molecule has 0 bridgehead atoms. The summed E-state index contributed by atoms with van der Waals surface area (Å²) in [6.07, 6.45) is 0.571. The maximum Gasteiger partial charge on any atom is 0.251 e. The van der Waals surface area contributed by atoms with E-state index in [-0.39, 0.29) is 11.8 Å². The van der Waals surface area contributed by atoms with Crippen molar-refractivity contribution >= 4 is 17.5 Å². The third kappa shape index (κ3) is 3.85. The monoisotopic (exact) mass is 249 g/mol. The molecular weight excluding hydrogens is 230 g/mol. The molecule has 5 nitrogen and oxygen atoms in total. The first-order valence-corrected chi connectivity index (χ1v) is 6.03. The summed E-state index contributed by atoms with van der Waals surface area (Å²) < 4.78 is 0. The summed E-state index contributed by atoms with van der Waals surface area (Å²) in [6, 6.07) is 6.24. The Balaban J connectivity index is 2.76. The van der Waals surface area contributed by atoms with E-state index in [4.69, 9.17) is 5.73 Å². The van der Waals surface area contributed by atoms with E-state index in [1.54, 1.807) is 24.3 Å². The Bertz CT molecular complexity index is 432. The highest BCUT2D eigenvalue weighted by molar-refractivity contribution is 5.98. The number of nitrogens with one attached hydrogen (secondary N) is 2. The van der Waals surface area contributed by atoms with Crippen LogP contribution >= 0.6 is 0 Å². The quantitative estimate of drug-likeness (QED) is 0.731. The molecule has 1 rings (SSSR count). The second kappa shape index (κ2) is 6.76. The summed E-state index contributed by atoms with van der Waals surface area (Å²) in [4.78, 5) is 23.2. The molecule has 4 N–H and O–H groups in total. The molecule has 1 atom stereocenters. The van der Waals surface area contributed by atoms with Gasteiger partial charge in [-0.2, -0.15) is 0 Å². The smallest absolute Gasteiger partial charge is 0.251 e. The maximum absolute atomic E-state index is 11.6. The standard InChI is InChI=1S/C13H19N3O2/c1-3-11(14)13(18)16-10-7-5-6-9(8-10)12(17)15-4-2/h5-8,11H,3-4,14H2,1-2H3,(H,15,17)(H,16,18)/t11-/m1/s1. The van der Waals surface area contributed by atoms with E-state index in [2.05, 4.69) is 10.6 Å². The molecule has 5 heteroatoms. The summed E-state index contributed by atoms with van der Waals surface area (Å²) in [5, 5.41) is 5.39. The van der Waals surface area contributed by atoms with E-state index in [1.807, 2.05) is 13.8 Å². The van der Waals surface area contributed by atoms with Crippen molar-refractivity contribution in [2.75, 3.05) is 11.9 Å². The van der Waals surface area contributed by atoms with Gasteiger partial charge in [0.2, 0.25) is 5.91 Å². The summed E-state index contributed by atoms with van der Waals surface area (Å²) in [5.74, 6) is -0.404. The van der Waals surface area contributed by atoms with Gasteiger partial charge in [-0.15, -0.1) is 0 Å². The number of amides is 2. The minimum atomic E-state index is -0.530. The lowest BCUT2D eigenvalue weighted by molar-refractivity contribution is -0.117. The van der Waals surface area contributed by atoms with Gasteiger partial charge in [-0.05, 0) is 31.5 Å². The fourth-order valence-corrected chi connectivity index (χ4v) is 1.42. The van der Waals surface area contributed by atoms with Gasteiger partial charge in [0.15, 0.2) is 0 Å². The molecule has 18 heavy (non-hydrogen) atoms. The minimum absolute atomic E-state index is 0.159. The van der Waals surface area contributed by atoms with Crippen molar-refractivity contribution in [3.8, 4) is 0 Å². The fraction of sp³-hybridized carbons (Fsp3) is 0.385. The topological polar surface area (TPSA) is 84.2 Å². The predicted octanol–water partition coefficient (Wildman–Crippen LogP) is 1.11. The second-order valence-corrected chi connectivity index (χ2v) is 3.94. The van der Waals surface area contributed by atoms with Gasteiger partial charge in [-0.25, -0.2) is 0 Å². The molecule has 0 saturated carbocycles. The van der Waals surface area contributed by atoms with E-state index >= 15 is 0 Å². The number of hydrogen-bond donors (Lipinski definition) is 3. The molecule has 0 aromatic heterocycles. The third-order valence-corrected chi connectivity index (χ3v) is 2.51. The molecule has 2 amide bonds. The van der Waals surface area contributed by atoms with Crippen LogP contribution in [0.1, 0.15) is 30.6 Å². The normalized spacial score (nSPS) is 11.7. The minimum Gasteiger partial charge on any atom is -0.352 e. The van der Waals surface area contributed by atoms with E-state index in [9.17, 15) is 9.59 Å². The highest BCUT2D eigenvalue weighted by atomic mass is 16.2. The molecule has 0 aliphatic heterocycles. The van der Waals surface area contributed by atoms with Crippen LogP contribution in [-0.4, -0.2) is 24.4 Å². The van der Waals surface area contributed by atoms with Crippen LogP contribution in [0.3, 0.4) is 0 Å². The van der Waals surface area contributed by atoms with Gasteiger partial charge in [-0.3, -0.25) is 9.59 Å². The molecule has 0 unspecified atom stereocenters. The molecular formula is C13H19N3O2. The third-order valence-electron chi connectivity index (χ3n) is 2.51. The molecule has 0 heterocycles. The zero-order valence-corrected chi connectivity index (χ0v) is 10.7. The zero-order valence-electron chi connectivity index (χ0n) is 10.7. The lowest BCUT2D eigenvalue weighted by atomic mass is 10.1. The van der Waals surface area contributed by atoms with Crippen LogP contribution < -0.4 is 16.4 Å². The zero-order chi connectivity index (χ0) is 13.5. The summed E-state index contributed by atoms with van der Waals surface area (Å²) >= 11 is 0. The predicted molar refractivity (Wildman–Crippen MR) is 71.3 cm³/mol. The number of nitrogens with two attached hydrogens (primary N) is 1. The largest absolute Gasteiger partial charge is 0.352 e. The van der Waals surface area contributed by atoms with Gasteiger partial charge in [0.25, 0.3) is 5.91 Å². The summed E-state index contributed by atoms with van der Waals surface area (Å²) in [7, 11) is 0. The van der Waals surface area contributed by atoms with Crippen LogP contribution in [0.4, 0.5) is 5.69 Å². The average Bonchev–Trinajstić information content (AvgIpc) is 2.38. The van der Waals surface area contributed by atoms with Gasteiger partial charge >= 0.3 is 0 Å². The van der Waals surface area contributed by atoms with E-state index in [0.717, 1.165) is 0 Å². The van der Waals surface area contributed by atoms with Gasteiger partial charge < -0.3 is 16.4 Å². The second-order valence-electron chi connectivity index (χ2n) is 3.94. The van der Waals surface area contributed by atoms with Crippen molar-refractivity contribution in [1.29, 1.82) is 0 Å². The number of anilines is 1. The van der Waals surface area contributed by atoms with E-state index < -0.39 is 6.04 Å². The van der Waals surface area contributed by atoms with Crippen LogP contribution in [0.15, 0.2) is 24.3 Å². The van der Waals surface area contributed by atoms with Gasteiger partial charge in [0.1, 0.15) is 0 Å². The number of carbonyl (C=O) groups excluding carboxylic acids is 2. The summed E-state index contributed by atoms with van der Waals surface area (Å²) in [5.41, 5.74) is 6.71. The first-order valence-electron chi connectivity index (χ1n) is 6.03. The first-order chi connectivity index (χ1) is 8.58. The molecule has 98 valence electrons. The van der Waals surface area contributed by atoms with Crippen molar-refractivity contribution in [2.24, 2.45) is 5.73 Å². The van der Waals surface area contributed by atoms with Crippen LogP contribution in [0.2, 0.25) is 0 Å². The highest BCUT2D eigenvalue weighted by Crippen LogP contribution is 2.11. The lowest BCUT2D eigenvalue weighted by Gasteiger charge is -2.11. The number of benzene rings is 1. The van der Waals surface area contributed by atoms with Crippen LogP contribution in [-0.2, 0) is 4.79 Å². The molecule has 0 fully saturated rings. The average molecular weight is 249 g/mol. The number of hydrogen-bond acceptors (Lipinski definition) is 3. The molecule has 0 spiro atoms. The van der Waals surface area contributed by atoms with Gasteiger partial charge in [-0.1, -0.05) is 13.0 Å². The Kier molecular flexibility index (Phi) is 5.32. The summed E-state index contributed by atoms with van der Waals surface area (Å²) in [6.45, 7) is 4.26. The molecule has 0 radical (unpaired) electrons. The Morgan fingerprint density at radius 1 is 1.33 bits per heavy atom. The highest BCUT2D eigenvalue weighted by Gasteiger charge is 2.12. The first kappa shape index (κ1) is 14.2. The van der Waals surface area contributed by atoms with Crippen LogP contribution in [0.5, 0.6) is 0 Å². The Hall–Kier alpha value is -1.88. The molecule has 1 aromatic rings. The molecule has 0 aliphatic carbocycles. The Labute approximate surface area is 107 Å². The van der Waals surface area contributed by atoms with Crippen molar-refractivity contribution < 1.29 is 9.59 Å².